The number of benzene rings is 3. The highest BCUT2D eigenvalue weighted by molar-refractivity contribution is 7.91. The molecule has 3 aromatic rings. The van der Waals surface area contributed by atoms with Crippen molar-refractivity contribution < 1.29 is 51.4 Å². The van der Waals surface area contributed by atoms with Crippen LogP contribution in [0.25, 0.3) is 0 Å². The zero-order valence-electron chi connectivity index (χ0n) is 25.9. The van der Waals surface area contributed by atoms with Gasteiger partial charge in [-0.1, -0.05) is 13.0 Å². The molecule has 3 aromatic carbocycles. The number of nitrogens with zero attached hydrogens (tertiary/aromatic N) is 1. The zero-order chi connectivity index (χ0) is 34.9. The van der Waals surface area contributed by atoms with E-state index in [-0.39, 0.29) is 63.0 Å². The van der Waals surface area contributed by atoms with Gasteiger partial charge in [-0.05, 0) is 66.1 Å². The maximum Gasteiger partial charge on any atom is 0.411 e. The molecule has 0 aliphatic carbocycles. The van der Waals surface area contributed by atoms with Crippen molar-refractivity contribution in [1.82, 2.24) is 10.2 Å². The minimum absolute atomic E-state index is 0.0350. The molecule has 48 heavy (non-hydrogen) atoms. The SMILES string of the molecule is CCS(=O)(=O)c1ccc(NC(=O)OC)cc1C1C(C(=O)O)CCN1C(=O)[C@H](Nc1ccc2c(c1)C(=O)NC2=O)c1ccc(F)c(OC)c1. The Hall–Kier alpha value is -5.51. The number of aliphatic carboxylic acids is 1. The molecule has 0 spiro atoms. The van der Waals surface area contributed by atoms with Gasteiger partial charge in [0.2, 0.25) is 5.91 Å². The molecule has 2 aliphatic rings. The highest BCUT2D eigenvalue weighted by Crippen LogP contribution is 2.43. The fourth-order valence-corrected chi connectivity index (χ4v) is 7.01. The summed E-state index contributed by atoms with van der Waals surface area (Å²) >= 11 is 0. The zero-order valence-corrected chi connectivity index (χ0v) is 26.7. The number of amides is 4. The molecule has 252 valence electrons. The number of sulfone groups is 1. The van der Waals surface area contributed by atoms with Crippen LogP contribution < -0.4 is 20.7 Å². The summed E-state index contributed by atoms with van der Waals surface area (Å²) in [6.45, 7) is 1.30. The van der Waals surface area contributed by atoms with Crippen molar-refractivity contribution in [1.29, 1.82) is 0 Å². The molecule has 4 N–H and O–H groups in total. The van der Waals surface area contributed by atoms with Crippen molar-refractivity contribution in [2.45, 2.75) is 30.3 Å². The number of halogens is 1. The summed E-state index contributed by atoms with van der Waals surface area (Å²) in [7, 11) is -1.61. The van der Waals surface area contributed by atoms with E-state index in [2.05, 4.69) is 20.7 Å². The molecule has 1 saturated heterocycles. The topological polar surface area (TPSA) is 198 Å². The third-order valence-corrected chi connectivity index (χ3v) is 10.1. The Morgan fingerprint density at radius 2 is 1.73 bits per heavy atom. The monoisotopic (exact) mass is 682 g/mol. The summed E-state index contributed by atoms with van der Waals surface area (Å²) in [5, 5.41) is 17.9. The lowest BCUT2D eigenvalue weighted by atomic mass is 9.92. The van der Waals surface area contributed by atoms with E-state index in [0.717, 1.165) is 13.2 Å². The number of imide groups is 1. The number of carboxylic acids is 1. The molecule has 4 amide bonds. The van der Waals surface area contributed by atoms with E-state index in [1.165, 1.54) is 67.5 Å². The number of fused-ring (bicyclic) bond motifs is 1. The van der Waals surface area contributed by atoms with Gasteiger partial charge in [-0.15, -0.1) is 0 Å². The van der Waals surface area contributed by atoms with Crippen LogP contribution in [-0.4, -0.2) is 74.7 Å². The van der Waals surface area contributed by atoms with Crippen LogP contribution >= 0.6 is 0 Å². The number of likely N-dealkylation sites (tertiary alicyclic amines) is 1. The van der Waals surface area contributed by atoms with Crippen LogP contribution in [0, 0.1) is 11.7 Å². The van der Waals surface area contributed by atoms with Crippen molar-refractivity contribution in [2.24, 2.45) is 5.92 Å². The van der Waals surface area contributed by atoms with E-state index in [1.54, 1.807) is 0 Å². The summed E-state index contributed by atoms with van der Waals surface area (Å²) in [4.78, 5) is 64.7. The second kappa shape index (κ2) is 13.3. The second-order valence-corrected chi connectivity index (χ2v) is 13.2. The molecule has 0 aromatic heterocycles. The van der Waals surface area contributed by atoms with Crippen LogP contribution in [0.15, 0.2) is 59.5 Å². The van der Waals surface area contributed by atoms with Gasteiger partial charge in [0, 0.05) is 17.9 Å². The molecular formula is C32H31FN4O10S. The first-order chi connectivity index (χ1) is 22.8. The molecule has 0 bridgehead atoms. The van der Waals surface area contributed by atoms with Crippen LogP contribution in [0.5, 0.6) is 5.75 Å². The smallest absolute Gasteiger partial charge is 0.411 e. The summed E-state index contributed by atoms with van der Waals surface area (Å²) in [5.41, 5.74) is 0.670. The lowest BCUT2D eigenvalue weighted by molar-refractivity contribution is -0.143. The first kappa shape index (κ1) is 33.8. The Bertz CT molecular complexity index is 1950. The Morgan fingerprint density at radius 3 is 2.40 bits per heavy atom. The van der Waals surface area contributed by atoms with Crippen molar-refractivity contribution >= 4 is 51.0 Å². The highest BCUT2D eigenvalue weighted by Gasteiger charge is 2.46. The number of rotatable bonds is 10. The Morgan fingerprint density at radius 1 is 1.02 bits per heavy atom. The molecule has 2 aliphatic heterocycles. The second-order valence-electron chi connectivity index (χ2n) is 11.0. The number of carbonyl (C=O) groups excluding carboxylic acids is 4. The van der Waals surface area contributed by atoms with E-state index in [0.29, 0.717) is 0 Å². The number of carboxylic acid groups (broad SMARTS) is 1. The third kappa shape index (κ3) is 6.38. The maximum absolute atomic E-state index is 14.6. The van der Waals surface area contributed by atoms with Crippen LogP contribution in [0.3, 0.4) is 0 Å². The molecule has 2 heterocycles. The predicted molar refractivity (Wildman–Crippen MR) is 168 cm³/mol. The lowest BCUT2D eigenvalue weighted by Gasteiger charge is -2.33. The van der Waals surface area contributed by atoms with Crippen LogP contribution in [0.2, 0.25) is 0 Å². The standard InChI is InChI=1S/C32H31FN4O10S/c1-4-48(44,45)25-10-7-18(35-32(43)47-3)15-22(25)27-20(31(41)42)11-12-37(27)30(40)26(16-5-9-23(33)24(13-16)46-2)34-17-6-8-19-21(14-17)29(39)36-28(19)38/h5-10,13-15,20,26-27,34H,4,11-12H2,1-3H3,(H,35,43)(H,41,42)(H,36,38,39)/t20?,26-,27?/m1/s1. The number of ether oxygens (including phenoxy) is 2. The lowest BCUT2D eigenvalue weighted by Crippen LogP contribution is -2.40. The van der Waals surface area contributed by atoms with Gasteiger partial charge in [0.1, 0.15) is 6.04 Å². The summed E-state index contributed by atoms with van der Waals surface area (Å²) < 4.78 is 50.8. The van der Waals surface area contributed by atoms with Gasteiger partial charge in [0.25, 0.3) is 11.8 Å². The number of methoxy groups -OCH3 is 2. The highest BCUT2D eigenvalue weighted by atomic mass is 32.2. The predicted octanol–water partition coefficient (Wildman–Crippen LogP) is 3.52. The fraction of sp³-hybridized carbons (Fsp3) is 0.281. The van der Waals surface area contributed by atoms with Crippen molar-refractivity contribution in [2.75, 3.05) is 37.2 Å². The van der Waals surface area contributed by atoms with E-state index in [1.807, 2.05) is 0 Å². The van der Waals surface area contributed by atoms with Gasteiger partial charge in [-0.25, -0.2) is 17.6 Å². The van der Waals surface area contributed by atoms with Gasteiger partial charge in [0.05, 0.1) is 48.0 Å². The summed E-state index contributed by atoms with van der Waals surface area (Å²) in [6, 6.07) is 9.08. The average molecular weight is 683 g/mol. The Labute approximate surface area is 274 Å². The number of nitrogens with one attached hydrogen (secondary N) is 3. The van der Waals surface area contributed by atoms with Gasteiger partial charge in [-0.3, -0.25) is 29.8 Å². The molecule has 14 nitrogen and oxygen atoms in total. The minimum Gasteiger partial charge on any atom is -0.494 e. The van der Waals surface area contributed by atoms with Crippen LogP contribution in [0.4, 0.5) is 20.6 Å². The molecule has 0 radical (unpaired) electrons. The van der Waals surface area contributed by atoms with Crippen molar-refractivity contribution in [3.8, 4) is 5.75 Å². The Kier molecular flexibility index (Phi) is 9.38. The Balaban J connectivity index is 1.65. The molecule has 3 atom stereocenters. The van der Waals surface area contributed by atoms with E-state index in [9.17, 15) is 41.9 Å². The molecule has 5 rings (SSSR count). The normalized spacial score (nSPS) is 17.7. The number of carbonyl (C=O) groups is 5. The average Bonchev–Trinajstić information content (AvgIpc) is 3.64. The number of hydrogen-bond donors (Lipinski definition) is 4. The van der Waals surface area contributed by atoms with Crippen LogP contribution in [-0.2, 0) is 24.2 Å². The first-order valence-corrected chi connectivity index (χ1v) is 16.3. The molecular weight excluding hydrogens is 651 g/mol. The van der Waals surface area contributed by atoms with Crippen molar-refractivity contribution in [3.05, 3.63) is 82.7 Å². The maximum atomic E-state index is 14.6. The quantitative estimate of drug-likeness (QED) is 0.228. The fourth-order valence-electron chi connectivity index (χ4n) is 5.88. The van der Waals surface area contributed by atoms with E-state index in [4.69, 9.17) is 4.74 Å². The molecule has 1 fully saturated rings. The van der Waals surface area contributed by atoms with Gasteiger partial charge >= 0.3 is 12.1 Å². The van der Waals surface area contributed by atoms with Gasteiger partial charge in [-0.2, -0.15) is 0 Å². The van der Waals surface area contributed by atoms with Crippen LogP contribution in [0.1, 0.15) is 57.3 Å². The first-order valence-electron chi connectivity index (χ1n) is 14.6. The molecule has 16 heteroatoms. The third-order valence-electron chi connectivity index (χ3n) is 8.28. The van der Waals surface area contributed by atoms with Gasteiger partial charge < -0.3 is 24.8 Å². The van der Waals surface area contributed by atoms with E-state index >= 15 is 0 Å². The van der Waals surface area contributed by atoms with Crippen molar-refractivity contribution in [3.63, 3.8) is 0 Å². The molecule has 0 saturated carbocycles. The summed E-state index contributed by atoms with van der Waals surface area (Å²) in [5.74, 6) is -5.73. The number of anilines is 2. The largest absolute Gasteiger partial charge is 0.494 e. The minimum atomic E-state index is -3.98. The molecule has 2 unspecified atom stereocenters. The summed E-state index contributed by atoms with van der Waals surface area (Å²) in [6.07, 6.45) is -0.910. The van der Waals surface area contributed by atoms with E-state index < -0.39 is 63.4 Å². The number of hydrogen-bond acceptors (Lipinski definition) is 10. The van der Waals surface area contributed by atoms with Gasteiger partial charge in [0.15, 0.2) is 21.4 Å².